The second kappa shape index (κ2) is 5.87. The molecule has 118 valence electrons. The Morgan fingerprint density at radius 2 is 2.14 bits per heavy atom. The van der Waals surface area contributed by atoms with Gasteiger partial charge in [-0.2, -0.15) is 18.3 Å². The number of aromatic nitrogens is 2. The first-order chi connectivity index (χ1) is 10.3. The molecule has 1 amide bonds. The van der Waals surface area contributed by atoms with Crippen LogP contribution in [0.25, 0.3) is 0 Å². The van der Waals surface area contributed by atoms with E-state index in [0.717, 1.165) is 29.1 Å². The number of carbonyl (C=O) groups is 1. The van der Waals surface area contributed by atoms with Crippen LogP contribution in [0.4, 0.5) is 19.1 Å². The Balaban J connectivity index is 1.86. The van der Waals surface area contributed by atoms with Crippen molar-refractivity contribution >= 4 is 11.8 Å². The predicted octanol–water partition coefficient (Wildman–Crippen LogP) is 1.83. The van der Waals surface area contributed by atoms with Crippen LogP contribution in [-0.4, -0.2) is 27.2 Å². The fourth-order valence-corrected chi connectivity index (χ4v) is 1.56. The van der Waals surface area contributed by atoms with Gasteiger partial charge in [-0.15, -0.1) is 0 Å². The number of carbonyl (C=O) groups excluding carboxylic acids is 1. The van der Waals surface area contributed by atoms with Crippen LogP contribution in [0.2, 0.25) is 0 Å². The molecule has 0 fully saturated rings. The quantitative estimate of drug-likeness (QED) is 0.669. The lowest BCUT2D eigenvalue weighted by atomic mass is 10.4. The standard InChI is InChI=1S/C11H9F3N4O4/c12-11(13,14)8-3-5-17(16-8)6-4-15-10(19)7-1-2-9(22-7)18(20)21/h1-3,5H,4,6H2,(H,15,19). The average molecular weight is 318 g/mol. The third-order valence-corrected chi connectivity index (χ3v) is 2.55. The molecule has 0 aromatic carbocycles. The van der Waals surface area contributed by atoms with Gasteiger partial charge in [-0.05, 0) is 12.1 Å². The van der Waals surface area contributed by atoms with E-state index < -0.39 is 28.6 Å². The van der Waals surface area contributed by atoms with Gasteiger partial charge in [0, 0.05) is 12.7 Å². The normalized spacial score (nSPS) is 11.4. The Bertz CT molecular complexity index is 692. The summed E-state index contributed by atoms with van der Waals surface area (Å²) in [6.07, 6.45) is -3.39. The zero-order valence-corrected chi connectivity index (χ0v) is 10.8. The molecule has 22 heavy (non-hydrogen) atoms. The summed E-state index contributed by atoms with van der Waals surface area (Å²) < 4.78 is 42.7. The molecule has 0 aliphatic heterocycles. The Hall–Kier alpha value is -2.85. The van der Waals surface area contributed by atoms with Crippen molar-refractivity contribution in [2.24, 2.45) is 0 Å². The molecule has 0 aliphatic carbocycles. The van der Waals surface area contributed by atoms with Crippen molar-refractivity contribution < 1.29 is 27.3 Å². The highest BCUT2D eigenvalue weighted by atomic mass is 19.4. The highest BCUT2D eigenvalue weighted by molar-refractivity contribution is 5.91. The minimum Gasteiger partial charge on any atom is -0.395 e. The van der Waals surface area contributed by atoms with E-state index in [2.05, 4.69) is 14.8 Å². The van der Waals surface area contributed by atoms with E-state index in [1.54, 1.807) is 0 Å². The third-order valence-electron chi connectivity index (χ3n) is 2.55. The molecule has 0 atom stereocenters. The van der Waals surface area contributed by atoms with Gasteiger partial charge in [-0.1, -0.05) is 0 Å². The first-order valence-electron chi connectivity index (χ1n) is 5.90. The van der Waals surface area contributed by atoms with Crippen molar-refractivity contribution in [3.05, 3.63) is 46.0 Å². The maximum atomic E-state index is 12.3. The number of nitrogens with zero attached hydrogens (tertiary/aromatic N) is 3. The number of hydrogen-bond donors (Lipinski definition) is 1. The number of nitrogens with one attached hydrogen (secondary N) is 1. The van der Waals surface area contributed by atoms with Gasteiger partial charge in [-0.3, -0.25) is 19.6 Å². The summed E-state index contributed by atoms with van der Waals surface area (Å²) in [5, 5.41) is 16.1. The van der Waals surface area contributed by atoms with Gasteiger partial charge in [0.25, 0.3) is 5.91 Å². The van der Waals surface area contributed by atoms with Crippen molar-refractivity contribution in [1.82, 2.24) is 15.1 Å². The number of nitro groups is 1. The molecule has 11 heteroatoms. The summed E-state index contributed by atoms with van der Waals surface area (Å²) in [5.74, 6) is -1.55. The molecule has 0 unspecified atom stereocenters. The van der Waals surface area contributed by atoms with Gasteiger partial charge in [0.05, 0.1) is 12.6 Å². The zero-order valence-electron chi connectivity index (χ0n) is 10.8. The molecule has 0 aliphatic rings. The van der Waals surface area contributed by atoms with E-state index in [4.69, 9.17) is 0 Å². The van der Waals surface area contributed by atoms with E-state index >= 15 is 0 Å². The van der Waals surface area contributed by atoms with E-state index in [9.17, 15) is 28.1 Å². The van der Waals surface area contributed by atoms with Crippen LogP contribution >= 0.6 is 0 Å². The second-order valence-electron chi connectivity index (χ2n) is 4.11. The van der Waals surface area contributed by atoms with E-state index in [0.29, 0.717) is 0 Å². The maximum Gasteiger partial charge on any atom is 0.435 e. The first kappa shape index (κ1) is 15.5. The SMILES string of the molecule is O=C(NCCn1ccc(C(F)(F)F)n1)c1ccc([N+](=O)[O-])o1. The molecular formula is C11H9F3N4O4. The summed E-state index contributed by atoms with van der Waals surface area (Å²) in [4.78, 5) is 21.2. The second-order valence-corrected chi connectivity index (χ2v) is 4.11. The van der Waals surface area contributed by atoms with E-state index in [1.165, 1.54) is 0 Å². The molecule has 0 saturated heterocycles. The molecule has 0 saturated carbocycles. The van der Waals surface area contributed by atoms with Crippen molar-refractivity contribution in [3.8, 4) is 0 Å². The lowest BCUT2D eigenvalue weighted by Crippen LogP contribution is -2.27. The smallest absolute Gasteiger partial charge is 0.395 e. The molecule has 0 radical (unpaired) electrons. The van der Waals surface area contributed by atoms with Gasteiger partial charge in [0.15, 0.2) is 11.5 Å². The van der Waals surface area contributed by atoms with E-state index in [-0.39, 0.29) is 18.8 Å². The van der Waals surface area contributed by atoms with Crippen molar-refractivity contribution in [2.75, 3.05) is 6.54 Å². The highest BCUT2D eigenvalue weighted by Gasteiger charge is 2.33. The molecule has 2 aromatic heterocycles. The third kappa shape index (κ3) is 3.62. The summed E-state index contributed by atoms with van der Waals surface area (Å²) in [5.41, 5.74) is -1.03. The van der Waals surface area contributed by atoms with Crippen molar-refractivity contribution in [1.29, 1.82) is 0 Å². The summed E-state index contributed by atoms with van der Waals surface area (Å²) in [6, 6.07) is 2.97. The minimum absolute atomic E-state index is 0.00459. The van der Waals surface area contributed by atoms with Crippen LogP contribution in [0.3, 0.4) is 0 Å². The van der Waals surface area contributed by atoms with Gasteiger partial charge in [-0.25, -0.2) is 0 Å². The van der Waals surface area contributed by atoms with Crippen LogP contribution < -0.4 is 5.32 Å². The lowest BCUT2D eigenvalue weighted by molar-refractivity contribution is -0.402. The number of halogens is 3. The molecule has 0 spiro atoms. The molecular weight excluding hydrogens is 309 g/mol. The number of furan rings is 1. The van der Waals surface area contributed by atoms with Crippen LogP contribution in [0, 0.1) is 10.1 Å². The average Bonchev–Trinajstić information content (AvgIpc) is 3.07. The molecule has 0 bridgehead atoms. The molecule has 8 nitrogen and oxygen atoms in total. The largest absolute Gasteiger partial charge is 0.435 e. The fourth-order valence-electron chi connectivity index (χ4n) is 1.56. The zero-order chi connectivity index (χ0) is 16.3. The van der Waals surface area contributed by atoms with Crippen LogP contribution in [0.1, 0.15) is 16.2 Å². The van der Waals surface area contributed by atoms with Crippen LogP contribution in [0.5, 0.6) is 0 Å². The minimum atomic E-state index is -4.53. The summed E-state index contributed by atoms with van der Waals surface area (Å²) in [7, 11) is 0. The van der Waals surface area contributed by atoms with Gasteiger partial charge >= 0.3 is 12.1 Å². The number of amides is 1. The van der Waals surface area contributed by atoms with Crippen LogP contribution in [-0.2, 0) is 12.7 Å². The van der Waals surface area contributed by atoms with Crippen LogP contribution in [0.15, 0.2) is 28.8 Å². The number of hydrogen-bond acceptors (Lipinski definition) is 5. The van der Waals surface area contributed by atoms with Gasteiger partial charge in [0.1, 0.15) is 4.92 Å². The predicted molar refractivity (Wildman–Crippen MR) is 64.9 cm³/mol. The maximum absolute atomic E-state index is 12.3. The summed E-state index contributed by atoms with van der Waals surface area (Å²) >= 11 is 0. The number of rotatable bonds is 5. The Kier molecular flexibility index (Phi) is 4.15. The van der Waals surface area contributed by atoms with E-state index in [1.807, 2.05) is 0 Å². The molecule has 2 aromatic rings. The van der Waals surface area contributed by atoms with Crippen molar-refractivity contribution in [2.45, 2.75) is 12.7 Å². The van der Waals surface area contributed by atoms with Crippen molar-refractivity contribution in [3.63, 3.8) is 0 Å². The lowest BCUT2D eigenvalue weighted by Gasteiger charge is -2.04. The number of alkyl halides is 3. The topological polar surface area (TPSA) is 103 Å². The van der Waals surface area contributed by atoms with Gasteiger partial charge in [0.2, 0.25) is 0 Å². The fraction of sp³-hybridized carbons (Fsp3) is 0.273. The molecule has 2 rings (SSSR count). The Morgan fingerprint density at radius 1 is 1.41 bits per heavy atom. The monoisotopic (exact) mass is 318 g/mol. The Labute approximate surface area is 120 Å². The summed E-state index contributed by atoms with van der Waals surface area (Å²) in [6.45, 7) is -0.0169. The highest BCUT2D eigenvalue weighted by Crippen LogP contribution is 2.27. The molecule has 2 heterocycles. The Morgan fingerprint density at radius 3 is 2.68 bits per heavy atom. The molecule has 1 N–H and O–H groups in total. The van der Waals surface area contributed by atoms with Gasteiger partial charge < -0.3 is 9.73 Å². The first-order valence-corrected chi connectivity index (χ1v) is 5.90.